The Bertz CT molecular complexity index is 1110. The Hall–Kier alpha value is -3.30. The summed E-state index contributed by atoms with van der Waals surface area (Å²) in [5, 5.41) is 7.59. The SMILES string of the molecule is O=C(/C=C/c1cccc2ccccc12)NC(=S)N1CCNC(=O)C1CC(=O)OCC1CCCO1. The Kier molecular flexibility index (Phi) is 7.87. The van der Waals surface area contributed by atoms with Crippen molar-refractivity contribution in [2.75, 3.05) is 26.3 Å². The van der Waals surface area contributed by atoms with Gasteiger partial charge in [-0.1, -0.05) is 42.5 Å². The minimum absolute atomic E-state index is 0.0888. The summed E-state index contributed by atoms with van der Waals surface area (Å²) in [7, 11) is 0. The van der Waals surface area contributed by atoms with Gasteiger partial charge in [-0.15, -0.1) is 0 Å². The molecule has 2 atom stereocenters. The highest BCUT2D eigenvalue weighted by atomic mass is 32.1. The van der Waals surface area contributed by atoms with Gasteiger partial charge in [-0.05, 0) is 47.5 Å². The second kappa shape index (κ2) is 11.2. The smallest absolute Gasteiger partial charge is 0.308 e. The van der Waals surface area contributed by atoms with Gasteiger partial charge in [-0.2, -0.15) is 0 Å². The van der Waals surface area contributed by atoms with E-state index in [0.29, 0.717) is 19.7 Å². The van der Waals surface area contributed by atoms with E-state index < -0.39 is 17.9 Å². The molecule has 2 saturated heterocycles. The first-order chi connectivity index (χ1) is 16.5. The number of ether oxygens (including phenoxy) is 2. The van der Waals surface area contributed by atoms with E-state index in [1.54, 1.807) is 11.0 Å². The van der Waals surface area contributed by atoms with Crippen molar-refractivity contribution in [3.05, 3.63) is 54.1 Å². The van der Waals surface area contributed by atoms with Crippen molar-refractivity contribution in [2.24, 2.45) is 0 Å². The Labute approximate surface area is 203 Å². The number of hydrogen-bond acceptors (Lipinski definition) is 6. The topological polar surface area (TPSA) is 97.0 Å². The van der Waals surface area contributed by atoms with Crippen molar-refractivity contribution in [2.45, 2.75) is 31.4 Å². The number of benzene rings is 2. The van der Waals surface area contributed by atoms with Crippen LogP contribution in [0.4, 0.5) is 0 Å². The Morgan fingerprint density at radius 2 is 2.06 bits per heavy atom. The van der Waals surface area contributed by atoms with Crippen LogP contribution >= 0.6 is 12.2 Å². The van der Waals surface area contributed by atoms with E-state index in [-0.39, 0.29) is 30.2 Å². The molecular weight excluding hydrogens is 454 g/mol. The molecule has 2 amide bonds. The van der Waals surface area contributed by atoms with Crippen LogP contribution < -0.4 is 10.6 Å². The molecule has 2 aromatic carbocycles. The molecule has 0 aliphatic carbocycles. The van der Waals surface area contributed by atoms with Gasteiger partial charge >= 0.3 is 5.97 Å². The van der Waals surface area contributed by atoms with Crippen molar-refractivity contribution >= 4 is 52.0 Å². The van der Waals surface area contributed by atoms with Crippen LogP contribution in [-0.4, -0.2) is 66.2 Å². The van der Waals surface area contributed by atoms with Crippen LogP contribution in [0.1, 0.15) is 24.8 Å². The summed E-state index contributed by atoms with van der Waals surface area (Å²) in [5.41, 5.74) is 0.906. The van der Waals surface area contributed by atoms with E-state index in [2.05, 4.69) is 10.6 Å². The lowest BCUT2D eigenvalue weighted by Gasteiger charge is -2.36. The van der Waals surface area contributed by atoms with Gasteiger partial charge in [0, 0.05) is 25.8 Å². The maximum atomic E-state index is 12.5. The molecule has 0 bridgehead atoms. The number of thiocarbonyl (C=S) groups is 1. The quantitative estimate of drug-likeness (QED) is 0.371. The molecule has 2 fully saturated rings. The molecule has 0 radical (unpaired) electrons. The number of carbonyl (C=O) groups is 3. The van der Waals surface area contributed by atoms with Gasteiger partial charge in [-0.25, -0.2) is 0 Å². The monoisotopic (exact) mass is 481 g/mol. The summed E-state index contributed by atoms with van der Waals surface area (Å²) in [6, 6.07) is 12.9. The molecule has 9 heteroatoms. The number of esters is 1. The molecule has 2 unspecified atom stereocenters. The van der Waals surface area contributed by atoms with Gasteiger partial charge in [0.25, 0.3) is 0 Å². The maximum absolute atomic E-state index is 12.5. The van der Waals surface area contributed by atoms with Crippen molar-refractivity contribution in [1.29, 1.82) is 0 Å². The zero-order valence-electron chi connectivity index (χ0n) is 18.7. The lowest BCUT2D eigenvalue weighted by atomic mass is 10.0. The van der Waals surface area contributed by atoms with Gasteiger partial charge in [0.05, 0.1) is 12.5 Å². The van der Waals surface area contributed by atoms with Crippen LogP contribution in [0.3, 0.4) is 0 Å². The third kappa shape index (κ3) is 5.98. The summed E-state index contributed by atoms with van der Waals surface area (Å²) in [6.07, 6.45) is 4.68. The summed E-state index contributed by atoms with van der Waals surface area (Å²) >= 11 is 5.40. The highest BCUT2D eigenvalue weighted by Gasteiger charge is 2.34. The highest BCUT2D eigenvalue weighted by Crippen LogP contribution is 2.19. The first-order valence-corrected chi connectivity index (χ1v) is 11.7. The average molecular weight is 482 g/mol. The van der Waals surface area contributed by atoms with Crippen LogP contribution in [0.15, 0.2) is 48.5 Å². The molecule has 0 saturated carbocycles. The van der Waals surface area contributed by atoms with E-state index in [4.69, 9.17) is 21.7 Å². The van der Waals surface area contributed by atoms with Crippen LogP contribution in [-0.2, 0) is 23.9 Å². The number of nitrogens with zero attached hydrogens (tertiary/aromatic N) is 1. The minimum Gasteiger partial charge on any atom is -0.463 e. The molecule has 2 aliphatic rings. The van der Waals surface area contributed by atoms with Crippen LogP contribution in [0, 0.1) is 0 Å². The van der Waals surface area contributed by atoms with E-state index in [1.807, 2.05) is 42.5 Å². The summed E-state index contributed by atoms with van der Waals surface area (Å²) in [4.78, 5) is 38.9. The van der Waals surface area contributed by atoms with Crippen molar-refractivity contribution in [3.63, 3.8) is 0 Å². The number of nitrogens with one attached hydrogen (secondary N) is 2. The van der Waals surface area contributed by atoms with E-state index in [1.165, 1.54) is 6.08 Å². The van der Waals surface area contributed by atoms with Gasteiger partial charge in [-0.3, -0.25) is 19.7 Å². The summed E-state index contributed by atoms with van der Waals surface area (Å²) in [5.74, 6) is -1.25. The Morgan fingerprint density at radius 3 is 2.88 bits per heavy atom. The second-order valence-corrected chi connectivity index (χ2v) is 8.61. The molecule has 0 aromatic heterocycles. The molecule has 0 spiro atoms. The molecule has 8 nitrogen and oxygen atoms in total. The zero-order valence-corrected chi connectivity index (χ0v) is 19.5. The first kappa shape index (κ1) is 23.8. The Balaban J connectivity index is 1.35. The van der Waals surface area contributed by atoms with E-state index >= 15 is 0 Å². The predicted molar refractivity (Wildman–Crippen MR) is 132 cm³/mol. The molecule has 2 N–H and O–H groups in total. The zero-order chi connectivity index (χ0) is 23.9. The lowest BCUT2D eigenvalue weighted by Crippen LogP contribution is -2.60. The number of carbonyl (C=O) groups excluding carboxylic acids is 3. The average Bonchev–Trinajstić information content (AvgIpc) is 3.36. The largest absolute Gasteiger partial charge is 0.463 e. The molecule has 178 valence electrons. The second-order valence-electron chi connectivity index (χ2n) is 8.22. The molecule has 2 aromatic rings. The fourth-order valence-electron chi connectivity index (χ4n) is 4.12. The van der Waals surface area contributed by atoms with Crippen LogP contribution in [0.2, 0.25) is 0 Å². The predicted octanol–water partition coefficient (Wildman–Crippen LogP) is 2.17. The molecule has 4 rings (SSSR count). The number of fused-ring (bicyclic) bond motifs is 1. The lowest BCUT2D eigenvalue weighted by molar-refractivity contribution is -0.150. The molecule has 2 heterocycles. The van der Waals surface area contributed by atoms with Crippen molar-refractivity contribution < 1.29 is 23.9 Å². The van der Waals surface area contributed by atoms with Crippen molar-refractivity contribution in [3.8, 4) is 0 Å². The molecule has 34 heavy (non-hydrogen) atoms. The van der Waals surface area contributed by atoms with Crippen molar-refractivity contribution in [1.82, 2.24) is 15.5 Å². The molecule has 2 aliphatic heterocycles. The van der Waals surface area contributed by atoms with Gasteiger partial charge in [0.2, 0.25) is 11.8 Å². The maximum Gasteiger partial charge on any atom is 0.308 e. The third-order valence-corrected chi connectivity index (χ3v) is 6.21. The highest BCUT2D eigenvalue weighted by molar-refractivity contribution is 7.80. The van der Waals surface area contributed by atoms with Crippen LogP contribution in [0.25, 0.3) is 16.8 Å². The van der Waals surface area contributed by atoms with E-state index in [9.17, 15) is 14.4 Å². The normalized spacial score (nSPS) is 20.4. The summed E-state index contributed by atoms with van der Waals surface area (Å²) in [6.45, 7) is 1.58. The van der Waals surface area contributed by atoms with Gasteiger partial charge < -0.3 is 19.7 Å². The van der Waals surface area contributed by atoms with Gasteiger partial charge in [0.15, 0.2) is 5.11 Å². The Morgan fingerprint density at radius 1 is 1.24 bits per heavy atom. The fourth-order valence-corrected chi connectivity index (χ4v) is 4.44. The van der Waals surface area contributed by atoms with E-state index in [0.717, 1.165) is 29.2 Å². The fraction of sp³-hybridized carbons (Fsp3) is 0.360. The first-order valence-electron chi connectivity index (χ1n) is 11.3. The minimum atomic E-state index is -0.847. The number of amides is 2. The number of piperazine rings is 1. The van der Waals surface area contributed by atoms with Gasteiger partial charge in [0.1, 0.15) is 12.6 Å². The third-order valence-electron chi connectivity index (χ3n) is 5.87. The standard InChI is InChI=1S/C25H27N3O5S/c29-22(11-10-18-7-3-6-17-5-1-2-9-20(17)18)27-25(34)28-13-12-26-24(31)21(28)15-23(30)33-16-19-8-4-14-32-19/h1-3,5-7,9-11,19,21H,4,8,12-16H2,(H,26,31)(H,27,29,34)/b11-10+. The number of rotatable bonds is 6. The van der Waals surface area contributed by atoms with Crippen LogP contribution in [0.5, 0.6) is 0 Å². The molecular formula is C25H27N3O5S. The summed E-state index contributed by atoms with van der Waals surface area (Å²) < 4.78 is 10.8. The number of hydrogen-bond donors (Lipinski definition) is 2.